The number of benzene rings is 2. The Labute approximate surface area is 115 Å². The van der Waals surface area contributed by atoms with E-state index in [1.54, 1.807) is 0 Å². The van der Waals surface area contributed by atoms with Gasteiger partial charge in [-0.15, -0.1) is 0 Å². The number of hydrogen-bond acceptors (Lipinski definition) is 2. The van der Waals surface area contributed by atoms with Crippen LogP contribution in [0.1, 0.15) is 13.8 Å². The van der Waals surface area contributed by atoms with E-state index in [9.17, 15) is 0 Å². The maximum Gasteiger partial charge on any atom is 0.119 e. The van der Waals surface area contributed by atoms with Crippen molar-refractivity contribution in [2.75, 3.05) is 13.7 Å². The van der Waals surface area contributed by atoms with Crippen molar-refractivity contribution >= 4 is 0 Å². The Morgan fingerprint density at radius 2 is 1.47 bits per heavy atom. The Morgan fingerprint density at radius 1 is 0.895 bits per heavy atom. The number of ether oxygens (including phenoxy) is 1. The second-order valence-corrected chi connectivity index (χ2v) is 5.31. The Hall–Kier alpha value is -1.80. The predicted molar refractivity (Wildman–Crippen MR) is 80.5 cm³/mol. The van der Waals surface area contributed by atoms with Crippen molar-refractivity contribution in [1.82, 2.24) is 5.32 Å². The van der Waals surface area contributed by atoms with Gasteiger partial charge in [0.2, 0.25) is 0 Å². The van der Waals surface area contributed by atoms with Crippen LogP contribution in [0.3, 0.4) is 0 Å². The molecule has 2 aromatic carbocycles. The fourth-order valence-corrected chi connectivity index (χ4v) is 1.71. The standard InChI is InChI=1S/C17H21NO/c1-17(2,18-3)13-19-16-11-9-15(10-12-16)14-7-5-4-6-8-14/h4-12,18H,13H2,1-3H3. The van der Waals surface area contributed by atoms with E-state index in [4.69, 9.17) is 4.74 Å². The summed E-state index contributed by atoms with van der Waals surface area (Å²) in [6, 6.07) is 18.6. The van der Waals surface area contributed by atoms with Crippen LogP contribution in [-0.2, 0) is 0 Å². The summed E-state index contributed by atoms with van der Waals surface area (Å²) in [5, 5.41) is 3.22. The first kappa shape index (κ1) is 13.6. The van der Waals surface area contributed by atoms with Gasteiger partial charge in [0.25, 0.3) is 0 Å². The Balaban J connectivity index is 2.03. The van der Waals surface area contributed by atoms with E-state index >= 15 is 0 Å². The molecule has 0 aliphatic rings. The van der Waals surface area contributed by atoms with Gasteiger partial charge in [0.1, 0.15) is 12.4 Å². The highest BCUT2D eigenvalue weighted by atomic mass is 16.5. The monoisotopic (exact) mass is 255 g/mol. The summed E-state index contributed by atoms with van der Waals surface area (Å²) in [6.07, 6.45) is 0. The molecular weight excluding hydrogens is 234 g/mol. The van der Waals surface area contributed by atoms with E-state index in [2.05, 4.69) is 55.6 Å². The van der Waals surface area contributed by atoms with Crippen molar-refractivity contribution in [3.63, 3.8) is 0 Å². The summed E-state index contributed by atoms with van der Waals surface area (Å²) in [5.41, 5.74) is 2.42. The number of hydrogen-bond donors (Lipinski definition) is 1. The van der Waals surface area contributed by atoms with Crippen molar-refractivity contribution in [2.24, 2.45) is 0 Å². The summed E-state index contributed by atoms with van der Waals surface area (Å²) in [6.45, 7) is 4.88. The molecule has 0 aliphatic heterocycles. The van der Waals surface area contributed by atoms with Crippen LogP contribution in [0.2, 0.25) is 0 Å². The normalized spacial score (nSPS) is 11.3. The van der Waals surface area contributed by atoms with Gasteiger partial charge in [0.05, 0.1) is 0 Å². The highest BCUT2D eigenvalue weighted by Gasteiger charge is 2.15. The Bertz CT molecular complexity index is 503. The number of likely N-dealkylation sites (N-methyl/N-ethyl adjacent to an activating group) is 1. The molecule has 2 aromatic rings. The zero-order valence-electron chi connectivity index (χ0n) is 11.8. The van der Waals surface area contributed by atoms with Gasteiger partial charge in [-0.2, -0.15) is 0 Å². The van der Waals surface area contributed by atoms with E-state index in [0.717, 1.165) is 5.75 Å². The second kappa shape index (κ2) is 5.89. The van der Waals surface area contributed by atoms with Gasteiger partial charge in [0, 0.05) is 5.54 Å². The lowest BCUT2D eigenvalue weighted by Gasteiger charge is -2.24. The second-order valence-electron chi connectivity index (χ2n) is 5.31. The maximum atomic E-state index is 5.79. The third-order valence-corrected chi connectivity index (χ3v) is 3.24. The minimum atomic E-state index is -0.0158. The van der Waals surface area contributed by atoms with Crippen LogP contribution in [0, 0.1) is 0 Å². The first-order valence-electron chi connectivity index (χ1n) is 6.58. The van der Waals surface area contributed by atoms with E-state index in [-0.39, 0.29) is 5.54 Å². The minimum absolute atomic E-state index is 0.0158. The summed E-state index contributed by atoms with van der Waals surface area (Å²) < 4.78 is 5.79. The average Bonchev–Trinajstić information content (AvgIpc) is 2.47. The Morgan fingerprint density at radius 3 is 2.05 bits per heavy atom. The fraction of sp³-hybridized carbons (Fsp3) is 0.294. The minimum Gasteiger partial charge on any atom is -0.492 e. The summed E-state index contributed by atoms with van der Waals surface area (Å²) in [4.78, 5) is 0. The zero-order valence-corrected chi connectivity index (χ0v) is 11.8. The molecule has 2 nitrogen and oxygen atoms in total. The summed E-state index contributed by atoms with van der Waals surface area (Å²) >= 11 is 0. The molecule has 19 heavy (non-hydrogen) atoms. The van der Waals surface area contributed by atoms with Crippen molar-refractivity contribution in [3.05, 3.63) is 54.6 Å². The van der Waals surface area contributed by atoms with Crippen molar-refractivity contribution in [2.45, 2.75) is 19.4 Å². The molecule has 100 valence electrons. The molecule has 1 N–H and O–H groups in total. The number of nitrogens with one attached hydrogen (secondary N) is 1. The van der Waals surface area contributed by atoms with Gasteiger partial charge in [-0.1, -0.05) is 42.5 Å². The van der Waals surface area contributed by atoms with Gasteiger partial charge in [-0.3, -0.25) is 0 Å². The highest BCUT2D eigenvalue weighted by Crippen LogP contribution is 2.22. The molecule has 2 heteroatoms. The summed E-state index contributed by atoms with van der Waals surface area (Å²) in [7, 11) is 1.95. The third kappa shape index (κ3) is 3.83. The van der Waals surface area contributed by atoms with Crippen LogP contribution in [-0.4, -0.2) is 19.2 Å². The molecule has 0 spiro atoms. The van der Waals surface area contributed by atoms with Crippen LogP contribution in [0.25, 0.3) is 11.1 Å². The molecule has 0 heterocycles. The number of rotatable bonds is 5. The molecule has 0 saturated heterocycles. The topological polar surface area (TPSA) is 21.3 Å². The first-order chi connectivity index (χ1) is 9.11. The van der Waals surface area contributed by atoms with Crippen molar-refractivity contribution in [3.8, 4) is 16.9 Å². The van der Waals surface area contributed by atoms with E-state index in [0.29, 0.717) is 6.61 Å². The first-order valence-corrected chi connectivity index (χ1v) is 6.58. The summed E-state index contributed by atoms with van der Waals surface area (Å²) in [5.74, 6) is 0.906. The van der Waals surface area contributed by atoms with Crippen LogP contribution in [0.5, 0.6) is 5.75 Å². The van der Waals surface area contributed by atoms with E-state index in [1.165, 1.54) is 11.1 Å². The van der Waals surface area contributed by atoms with Crippen LogP contribution in [0.4, 0.5) is 0 Å². The SMILES string of the molecule is CNC(C)(C)COc1ccc(-c2ccccc2)cc1. The van der Waals surface area contributed by atoms with Gasteiger partial charge < -0.3 is 10.1 Å². The average molecular weight is 255 g/mol. The molecule has 0 aromatic heterocycles. The molecule has 0 bridgehead atoms. The molecular formula is C17H21NO. The molecule has 0 aliphatic carbocycles. The zero-order chi connectivity index (χ0) is 13.7. The van der Waals surface area contributed by atoms with Crippen molar-refractivity contribution in [1.29, 1.82) is 0 Å². The molecule has 2 rings (SSSR count). The lowest BCUT2D eigenvalue weighted by Crippen LogP contribution is -2.42. The van der Waals surface area contributed by atoms with Crippen LogP contribution in [0.15, 0.2) is 54.6 Å². The molecule has 0 fully saturated rings. The smallest absolute Gasteiger partial charge is 0.119 e. The molecule has 0 radical (unpaired) electrons. The molecule has 0 saturated carbocycles. The van der Waals surface area contributed by atoms with Crippen LogP contribution >= 0.6 is 0 Å². The fourth-order valence-electron chi connectivity index (χ4n) is 1.71. The van der Waals surface area contributed by atoms with Gasteiger partial charge in [-0.25, -0.2) is 0 Å². The Kier molecular flexibility index (Phi) is 4.23. The van der Waals surface area contributed by atoms with Gasteiger partial charge in [-0.05, 0) is 44.2 Å². The van der Waals surface area contributed by atoms with E-state index < -0.39 is 0 Å². The predicted octanol–water partition coefficient (Wildman–Crippen LogP) is 3.73. The highest BCUT2D eigenvalue weighted by molar-refractivity contribution is 5.63. The largest absolute Gasteiger partial charge is 0.492 e. The third-order valence-electron chi connectivity index (χ3n) is 3.24. The van der Waals surface area contributed by atoms with Crippen molar-refractivity contribution < 1.29 is 4.74 Å². The lowest BCUT2D eigenvalue weighted by atomic mass is 10.1. The molecule has 0 amide bonds. The molecule has 0 atom stereocenters. The lowest BCUT2D eigenvalue weighted by molar-refractivity contribution is 0.217. The van der Waals surface area contributed by atoms with Gasteiger partial charge in [0.15, 0.2) is 0 Å². The van der Waals surface area contributed by atoms with E-state index in [1.807, 2.05) is 25.2 Å². The van der Waals surface area contributed by atoms with Gasteiger partial charge >= 0.3 is 0 Å². The maximum absolute atomic E-state index is 5.79. The quantitative estimate of drug-likeness (QED) is 0.879. The van der Waals surface area contributed by atoms with Crippen LogP contribution < -0.4 is 10.1 Å². The molecule has 0 unspecified atom stereocenters.